The molecule has 8 heteroatoms. The van der Waals surface area contributed by atoms with Gasteiger partial charge in [0.1, 0.15) is 12.1 Å². The van der Waals surface area contributed by atoms with Crippen molar-refractivity contribution < 1.29 is 0 Å². The Balaban J connectivity index is 1.54. The van der Waals surface area contributed by atoms with Crippen LogP contribution in [0, 0.1) is 12.8 Å². The predicted octanol–water partition coefficient (Wildman–Crippen LogP) is 1.25. The van der Waals surface area contributed by atoms with Crippen LogP contribution in [0.2, 0.25) is 0 Å². The van der Waals surface area contributed by atoms with Gasteiger partial charge in [-0.3, -0.25) is 4.79 Å². The van der Waals surface area contributed by atoms with Gasteiger partial charge in [0.25, 0.3) is 11.3 Å². The number of anilines is 1. The third-order valence-electron chi connectivity index (χ3n) is 4.56. The molecule has 0 atom stereocenters. The molecule has 0 radical (unpaired) electrons. The van der Waals surface area contributed by atoms with Crippen LogP contribution >= 0.6 is 0 Å². The van der Waals surface area contributed by atoms with E-state index >= 15 is 0 Å². The van der Waals surface area contributed by atoms with Crippen LogP contribution < -0.4 is 10.5 Å². The summed E-state index contributed by atoms with van der Waals surface area (Å²) >= 11 is 0. The number of rotatable bonds is 4. The third-order valence-corrected chi connectivity index (χ3v) is 4.56. The van der Waals surface area contributed by atoms with Crippen molar-refractivity contribution in [3.05, 3.63) is 46.3 Å². The second-order valence-electron chi connectivity index (χ2n) is 6.93. The number of aryl methyl sites for hydroxylation is 1. The minimum absolute atomic E-state index is 0.0475. The maximum Gasteiger partial charge on any atom is 0.266 e. The van der Waals surface area contributed by atoms with Crippen molar-refractivity contribution in [2.75, 3.05) is 18.0 Å². The number of nitrogens with zero attached hydrogens (tertiary/aromatic N) is 7. The zero-order chi connectivity index (χ0) is 17.6. The molecule has 0 spiro atoms. The minimum Gasteiger partial charge on any atom is -0.356 e. The smallest absolute Gasteiger partial charge is 0.266 e. The first-order valence-electron chi connectivity index (χ1n) is 8.51. The fraction of sp³-hybridized carbons (Fsp3) is 0.471. The molecule has 0 N–H and O–H groups in total. The molecule has 25 heavy (non-hydrogen) atoms. The topological polar surface area (TPSA) is 81.2 Å². The van der Waals surface area contributed by atoms with E-state index in [1.54, 1.807) is 21.3 Å². The van der Waals surface area contributed by atoms with E-state index in [1.165, 1.54) is 6.33 Å². The second kappa shape index (κ2) is 5.94. The Labute approximate surface area is 145 Å². The molecule has 0 aromatic carbocycles. The van der Waals surface area contributed by atoms with Crippen molar-refractivity contribution in [1.29, 1.82) is 0 Å². The van der Waals surface area contributed by atoms with E-state index < -0.39 is 0 Å². The Morgan fingerprint density at radius 2 is 2.08 bits per heavy atom. The molecule has 3 aromatic heterocycles. The molecule has 4 rings (SSSR count). The first-order chi connectivity index (χ1) is 12.0. The molecule has 1 aliphatic heterocycles. The van der Waals surface area contributed by atoms with Gasteiger partial charge in [0.2, 0.25) is 0 Å². The van der Waals surface area contributed by atoms with Gasteiger partial charge in [-0.1, -0.05) is 13.8 Å². The van der Waals surface area contributed by atoms with Crippen LogP contribution in [0.4, 0.5) is 5.82 Å². The molecular weight excluding hydrogens is 318 g/mol. The zero-order valence-corrected chi connectivity index (χ0v) is 14.6. The highest BCUT2D eigenvalue weighted by Crippen LogP contribution is 2.27. The maximum atomic E-state index is 11.9. The van der Waals surface area contributed by atoms with Crippen LogP contribution in [0.25, 0.3) is 5.78 Å². The highest BCUT2D eigenvalue weighted by atomic mass is 16.1. The Morgan fingerprint density at radius 3 is 2.84 bits per heavy atom. The van der Waals surface area contributed by atoms with Gasteiger partial charge in [0.15, 0.2) is 0 Å². The molecule has 0 aliphatic carbocycles. The van der Waals surface area contributed by atoms with E-state index in [4.69, 9.17) is 0 Å². The largest absolute Gasteiger partial charge is 0.356 e. The van der Waals surface area contributed by atoms with Gasteiger partial charge < -0.3 is 4.90 Å². The fourth-order valence-electron chi connectivity index (χ4n) is 3.13. The molecule has 0 amide bonds. The second-order valence-corrected chi connectivity index (χ2v) is 6.93. The summed E-state index contributed by atoms with van der Waals surface area (Å²) in [4.78, 5) is 22.9. The van der Waals surface area contributed by atoms with Crippen molar-refractivity contribution in [3.8, 4) is 0 Å². The lowest BCUT2D eigenvalue weighted by molar-refractivity contribution is 0.330. The Bertz CT molecular complexity index is 969. The maximum absolute atomic E-state index is 11.9. The summed E-state index contributed by atoms with van der Waals surface area (Å²) < 4.78 is 3.34. The average molecular weight is 339 g/mol. The van der Waals surface area contributed by atoms with Crippen molar-refractivity contribution in [1.82, 2.24) is 29.4 Å². The lowest BCUT2D eigenvalue weighted by atomic mass is 10.00. The summed E-state index contributed by atoms with van der Waals surface area (Å²) in [5.41, 5.74) is 1.82. The van der Waals surface area contributed by atoms with Crippen molar-refractivity contribution in [2.45, 2.75) is 33.2 Å². The van der Waals surface area contributed by atoms with Crippen LogP contribution in [0.15, 0.2) is 29.3 Å². The number of hydrogen-bond donors (Lipinski definition) is 0. The van der Waals surface area contributed by atoms with E-state index in [0.29, 0.717) is 24.2 Å². The average Bonchev–Trinajstić information content (AvgIpc) is 3.01. The van der Waals surface area contributed by atoms with E-state index in [-0.39, 0.29) is 5.56 Å². The van der Waals surface area contributed by atoms with Gasteiger partial charge in [-0.25, -0.2) is 9.67 Å². The molecule has 8 nitrogen and oxygen atoms in total. The Hall–Kier alpha value is -2.77. The first-order valence-corrected chi connectivity index (χ1v) is 8.51. The Morgan fingerprint density at radius 1 is 1.28 bits per heavy atom. The van der Waals surface area contributed by atoms with Gasteiger partial charge in [-0.2, -0.15) is 19.7 Å². The standard InChI is InChI=1S/C17H21N7O/c1-11(2)14-6-15(24-17(20-14)18-10-19-24)22-7-13(8-22)9-23-16(25)5-4-12(3)21-23/h4-6,10-11,13H,7-9H2,1-3H3. The molecule has 1 aliphatic rings. The van der Waals surface area contributed by atoms with Crippen molar-refractivity contribution in [3.63, 3.8) is 0 Å². The fourth-order valence-corrected chi connectivity index (χ4v) is 3.13. The Kier molecular flexibility index (Phi) is 3.74. The number of aromatic nitrogens is 6. The molecule has 0 bridgehead atoms. The third kappa shape index (κ3) is 2.88. The summed E-state index contributed by atoms with van der Waals surface area (Å²) in [5.74, 6) is 2.35. The van der Waals surface area contributed by atoms with Crippen LogP contribution in [-0.2, 0) is 6.54 Å². The van der Waals surface area contributed by atoms with Gasteiger partial charge in [-0.15, -0.1) is 0 Å². The van der Waals surface area contributed by atoms with Crippen LogP contribution in [0.5, 0.6) is 0 Å². The lowest BCUT2D eigenvalue weighted by Gasteiger charge is -2.40. The van der Waals surface area contributed by atoms with Gasteiger partial charge >= 0.3 is 0 Å². The van der Waals surface area contributed by atoms with E-state index in [9.17, 15) is 4.79 Å². The number of hydrogen-bond acceptors (Lipinski definition) is 6. The van der Waals surface area contributed by atoms with Gasteiger partial charge in [0, 0.05) is 31.1 Å². The predicted molar refractivity (Wildman–Crippen MR) is 93.8 cm³/mol. The molecule has 1 fully saturated rings. The van der Waals surface area contributed by atoms with Crippen LogP contribution in [0.1, 0.15) is 31.2 Å². The zero-order valence-electron chi connectivity index (χ0n) is 14.6. The van der Waals surface area contributed by atoms with E-state index in [2.05, 4.69) is 45.0 Å². The monoisotopic (exact) mass is 339 g/mol. The van der Waals surface area contributed by atoms with Gasteiger partial charge in [0.05, 0.1) is 17.9 Å². The molecular formula is C17H21N7O. The molecule has 4 heterocycles. The minimum atomic E-state index is -0.0475. The highest BCUT2D eigenvalue weighted by molar-refractivity contribution is 5.49. The van der Waals surface area contributed by atoms with Gasteiger partial charge in [-0.05, 0) is 18.9 Å². The summed E-state index contributed by atoms with van der Waals surface area (Å²) in [6.07, 6.45) is 1.53. The molecule has 0 unspecified atom stereocenters. The molecule has 1 saturated heterocycles. The van der Waals surface area contributed by atoms with E-state index in [0.717, 1.165) is 30.3 Å². The quantitative estimate of drug-likeness (QED) is 0.711. The van der Waals surface area contributed by atoms with Crippen LogP contribution in [0.3, 0.4) is 0 Å². The van der Waals surface area contributed by atoms with Crippen LogP contribution in [-0.4, -0.2) is 42.5 Å². The summed E-state index contributed by atoms with van der Waals surface area (Å²) in [6.45, 7) is 8.49. The summed E-state index contributed by atoms with van der Waals surface area (Å²) in [5, 5.41) is 8.61. The summed E-state index contributed by atoms with van der Waals surface area (Å²) in [6, 6.07) is 5.41. The SMILES string of the molecule is Cc1ccc(=O)n(CC2CN(c3cc(C(C)C)nc4ncnn34)C2)n1. The number of fused-ring (bicyclic) bond motifs is 1. The van der Waals surface area contributed by atoms with E-state index in [1.807, 2.05) is 6.92 Å². The molecule has 0 saturated carbocycles. The summed E-state index contributed by atoms with van der Waals surface area (Å²) in [7, 11) is 0. The molecule has 130 valence electrons. The van der Waals surface area contributed by atoms with Crippen molar-refractivity contribution >= 4 is 11.6 Å². The normalized spacial score (nSPS) is 15.1. The molecule has 3 aromatic rings. The lowest BCUT2D eigenvalue weighted by Crippen LogP contribution is -2.50. The highest BCUT2D eigenvalue weighted by Gasteiger charge is 2.30. The van der Waals surface area contributed by atoms with Crippen molar-refractivity contribution in [2.24, 2.45) is 5.92 Å². The first kappa shape index (κ1) is 15.7.